The third-order valence-electron chi connectivity index (χ3n) is 5.11. The molecule has 2 aromatic carbocycles. The van der Waals surface area contributed by atoms with E-state index in [1.54, 1.807) is 16.3 Å². The number of para-hydroxylation sites is 2. The smallest absolute Gasteiger partial charge is 0.241 e. The molecule has 0 fully saturated rings. The minimum absolute atomic E-state index is 0.106. The van der Waals surface area contributed by atoms with Crippen molar-refractivity contribution in [1.29, 1.82) is 0 Å². The number of benzene rings is 2. The van der Waals surface area contributed by atoms with Crippen LogP contribution in [0, 0.1) is 0 Å². The number of fused-ring (bicyclic) bond motifs is 2. The normalized spacial score (nSPS) is 11.3. The van der Waals surface area contributed by atoms with Crippen LogP contribution in [0.2, 0.25) is 0 Å². The quantitative estimate of drug-likeness (QED) is 0.230. The van der Waals surface area contributed by atoms with Crippen LogP contribution in [-0.4, -0.2) is 16.2 Å². The molecule has 4 aromatic rings. The number of rotatable bonds is 7. The first kappa shape index (κ1) is 18.8. The second-order valence-electron chi connectivity index (χ2n) is 7.02. The predicted octanol–water partition coefficient (Wildman–Crippen LogP) is 5.70. The van der Waals surface area contributed by atoms with Crippen LogP contribution in [-0.2, 0) is 6.54 Å². The zero-order valence-corrected chi connectivity index (χ0v) is 17.0. The van der Waals surface area contributed by atoms with Gasteiger partial charge >= 0.3 is 0 Å². The van der Waals surface area contributed by atoms with E-state index in [9.17, 15) is 4.79 Å². The maximum Gasteiger partial charge on any atom is 0.241 e. The Morgan fingerprint density at radius 1 is 1.00 bits per heavy atom. The Kier molecular flexibility index (Phi) is 5.77. The number of thioether (sulfide) groups is 1. The van der Waals surface area contributed by atoms with Crippen LogP contribution < -0.4 is 4.57 Å². The number of unbranched alkanes of at least 4 members (excludes halogenated alkanes) is 2. The van der Waals surface area contributed by atoms with E-state index in [0.29, 0.717) is 5.75 Å². The third kappa shape index (κ3) is 3.83. The van der Waals surface area contributed by atoms with Gasteiger partial charge in [-0.1, -0.05) is 43.7 Å². The van der Waals surface area contributed by atoms with Crippen LogP contribution in [0.4, 0.5) is 0 Å². The van der Waals surface area contributed by atoms with E-state index in [0.717, 1.165) is 22.3 Å². The molecule has 0 amide bonds. The Labute approximate surface area is 170 Å². The van der Waals surface area contributed by atoms with E-state index in [2.05, 4.69) is 48.0 Å². The maximum atomic E-state index is 12.8. The van der Waals surface area contributed by atoms with Crippen molar-refractivity contribution in [3.8, 4) is 0 Å². The molecule has 142 valence electrons. The third-order valence-corrected chi connectivity index (χ3v) is 6.16. The first-order valence-corrected chi connectivity index (χ1v) is 10.9. The van der Waals surface area contributed by atoms with Gasteiger partial charge in [0.1, 0.15) is 6.54 Å². The summed E-state index contributed by atoms with van der Waals surface area (Å²) >= 11 is 1.62. The molecule has 2 aromatic heterocycles. The van der Waals surface area contributed by atoms with E-state index in [1.165, 1.54) is 30.2 Å². The number of nitrogens with zero attached hydrogens (tertiary/aromatic N) is 2. The van der Waals surface area contributed by atoms with Crippen molar-refractivity contribution in [2.45, 2.75) is 37.6 Å². The molecule has 0 saturated heterocycles. The van der Waals surface area contributed by atoms with Gasteiger partial charge in [0.2, 0.25) is 11.4 Å². The molecule has 0 bridgehead atoms. The van der Waals surface area contributed by atoms with Gasteiger partial charge in [-0.15, -0.1) is 11.8 Å². The summed E-state index contributed by atoms with van der Waals surface area (Å²) < 4.78 is 4.09. The molecule has 0 aliphatic heterocycles. The highest BCUT2D eigenvalue weighted by Gasteiger charge is 2.15. The van der Waals surface area contributed by atoms with E-state index in [4.69, 9.17) is 0 Å². The summed E-state index contributed by atoms with van der Waals surface area (Å²) in [6.45, 7) is 3.26. The Morgan fingerprint density at radius 3 is 2.71 bits per heavy atom. The molecule has 0 aliphatic rings. The van der Waals surface area contributed by atoms with Gasteiger partial charge in [-0.05, 0) is 24.6 Å². The van der Waals surface area contributed by atoms with Crippen molar-refractivity contribution in [3.05, 3.63) is 73.1 Å². The molecule has 0 saturated carbocycles. The number of hydrogen-bond donors (Lipinski definition) is 0. The molecule has 0 atom stereocenters. The average Bonchev–Trinajstić information content (AvgIpc) is 3.17. The van der Waals surface area contributed by atoms with Crippen molar-refractivity contribution in [1.82, 2.24) is 4.57 Å². The number of hydrogen-bond acceptors (Lipinski definition) is 2. The number of carbonyl (C=O) groups excluding carboxylic acids is 1. The van der Waals surface area contributed by atoms with Crippen LogP contribution in [0.1, 0.15) is 31.0 Å². The Hall–Kier alpha value is -2.59. The van der Waals surface area contributed by atoms with E-state index >= 15 is 0 Å². The van der Waals surface area contributed by atoms with Gasteiger partial charge in [-0.2, -0.15) is 4.57 Å². The Bertz CT molecular complexity index is 1120. The van der Waals surface area contributed by atoms with E-state index in [1.807, 2.05) is 36.5 Å². The van der Waals surface area contributed by atoms with Crippen molar-refractivity contribution in [3.63, 3.8) is 0 Å². The van der Waals surface area contributed by atoms with E-state index < -0.39 is 0 Å². The topological polar surface area (TPSA) is 25.9 Å². The lowest BCUT2D eigenvalue weighted by molar-refractivity contribution is -0.672. The Balaban J connectivity index is 1.55. The summed E-state index contributed by atoms with van der Waals surface area (Å²) in [5, 5.41) is 2.32. The van der Waals surface area contributed by atoms with Crippen LogP contribution in [0.3, 0.4) is 0 Å². The van der Waals surface area contributed by atoms with Gasteiger partial charge in [0.25, 0.3) is 0 Å². The van der Waals surface area contributed by atoms with Gasteiger partial charge < -0.3 is 0 Å². The molecule has 2 heterocycles. The number of aryl methyl sites for hydroxylation is 1. The van der Waals surface area contributed by atoms with Crippen LogP contribution in [0.25, 0.3) is 21.8 Å². The first-order chi connectivity index (χ1) is 13.8. The molecule has 0 aliphatic carbocycles. The second kappa shape index (κ2) is 8.61. The fourth-order valence-electron chi connectivity index (χ4n) is 3.62. The number of aromatic nitrogens is 2. The molecule has 0 radical (unpaired) electrons. The minimum Gasteiger partial charge on any atom is -0.287 e. The standard InChI is InChI=1S/C24H25N2OS/c1-2-3-8-15-25-16-14-23(20-10-5-7-12-22(20)25)28-18-24(27)26-17-13-19-9-4-6-11-21(19)26/h4-7,9-14,16-17H,2-3,8,15,18H2,1H3/q+1. The highest BCUT2D eigenvalue weighted by atomic mass is 32.2. The number of carbonyl (C=O) groups is 1. The summed E-state index contributed by atoms with van der Waals surface area (Å²) in [7, 11) is 0. The molecule has 28 heavy (non-hydrogen) atoms. The van der Waals surface area contributed by atoms with Crippen molar-refractivity contribution >= 4 is 39.5 Å². The molecular formula is C24H25N2OS+. The summed E-state index contributed by atoms with van der Waals surface area (Å²) in [5.41, 5.74) is 2.21. The lowest BCUT2D eigenvalue weighted by Crippen LogP contribution is -2.34. The van der Waals surface area contributed by atoms with Gasteiger partial charge in [-0.25, -0.2) is 0 Å². The SMILES string of the molecule is CCCCC[n+]1ccc(SCC(=O)n2ccc3ccccc32)c2ccccc21. The zero-order chi connectivity index (χ0) is 19.3. The summed E-state index contributed by atoms with van der Waals surface area (Å²) in [4.78, 5) is 14.0. The molecule has 3 nitrogen and oxygen atoms in total. The average molecular weight is 390 g/mol. The summed E-state index contributed by atoms with van der Waals surface area (Å²) in [6.07, 6.45) is 7.70. The zero-order valence-electron chi connectivity index (χ0n) is 16.2. The lowest BCUT2D eigenvalue weighted by atomic mass is 10.2. The highest BCUT2D eigenvalue weighted by Crippen LogP contribution is 2.26. The fourth-order valence-corrected chi connectivity index (χ4v) is 4.53. The van der Waals surface area contributed by atoms with Gasteiger partial charge in [0.15, 0.2) is 6.20 Å². The molecule has 4 rings (SSSR count). The van der Waals surface area contributed by atoms with Gasteiger partial charge in [-0.3, -0.25) is 9.36 Å². The van der Waals surface area contributed by atoms with Crippen LogP contribution in [0.5, 0.6) is 0 Å². The fraction of sp³-hybridized carbons (Fsp3) is 0.250. The molecule has 4 heteroatoms. The van der Waals surface area contributed by atoms with E-state index in [-0.39, 0.29) is 5.91 Å². The molecule has 0 N–H and O–H groups in total. The molecule has 0 spiro atoms. The van der Waals surface area contributed by atoms with Crippen molar-refractivity contribution in [2.75, 3.05) is 5.75 Å². The summed E-state index contributed by atoms with van der Waals surface area (Å²) in [5.74, 6) is 0.526. The highest BCUT2D eigenvalue weighted by molar-refractivity contribution is 8.00. The number of pyridine rings is 1. The van der Waals surface area contributed by atoms with Crippen LogP contribution >= 0.6 is 11.8 Å². The summed E-state index contributed by atoms with van der Waals surface area (Å²) in [6, 6.07) is 20.6. The first-order valence-electron chi connectivity index (χ1n) is 9.91. The van der Waals surface area contributed by atoms with Crippen molar-refractivity contribution < 1.29 is 9.36 Å². The van der Waals surface area contributed by atoms with Gasteiger partial charge in [0.05, 0.1) is 16.7 Å². The predicted molar refractivity (Wildman–Crippen MR) is 117 cm³/mol. The second-order valence-corrected chi connectivity index (χ2v) is 8.04. The molecular weight excluding hydrogens is 364 g/mol. The van der Waals surface area contributed by atoms with Gasteiger partial charge in [0, 0.05) is 35.0 Å². The van der Waals surface area contributed by atoms with Crippen molar-refractivity contribution in [2.24, 2.45) is 0 Å². The van der Waals surface area contributed by atoms with Crippen LogP contribution in [0.15, 0.2) is 78.0 Å². The monoisotopic (exact) mass is 389 g/mol. The Morgan fingerprint density at radius 2 is 1.82 bits per heavy atom. The molecule has 0 unspecified atom stereocenters. The lowest BCUT2D eigenvalue weighted by Gasteiger charge is -2.08. The minimum atomic E-state index is 0.106. The largest absolute Gasteiger partial charge is 0.287 e. The maximum absolute atomic E-state index is 12.8.